The lowest BCUT2D eigenvalue weighted by Gasteiger charge is -2.12. The van der Waals surface area contributed by atoms with Crippen LogP contribution in [0, 0.1) is 13.8 Å². The van der Waals surface area contributed by atoms with E-state index >= 15 is 0 Å². The van der Waals surface area contributed by atoms with E-state index in [0.29, 0.717) is 10.6 Å². The number of aromatic nitrogens is 1. The summed E-state index contributed by atoms with van der Waals surface area (Å²) in [6.07, 6.45) is 0. The number of hydrogen-bond donors (Lipinski definition) is 0. The van der Waals surface area contributed by atoms with Crippen molar-refractivity contribution in [2.45, 2.75) is 13.8 Å². The lowest BCUT2D eigenvalue weighted by molar-refractivity contribution is 0.890. The second kappa shape index (κ2) is 3.90. The molecule has 0 N–H and O–H groups in total. The van der Waals surface area contributed by atoms with Gasteiger partial charge in [-0.3, -0.25) is 4.79 Å². The molecule has 2 nitrogen and oxygen atoms in total. The summed E-state index contributed by atoms with van der Waals surface area (Å²) >= 11 is 9.70. The molecule has 84 valence electrons. The van der Waals surface area contributed by atoms with Crippen molar-refractivity contribution in [1.29, 1.82) is 0 Å². The topological polar surface area (TPSA) is 22.0 Å². The highest BCUT2D eigenvalue weighted by molar-refractivity contribution is 9.10. The average molecular weight is 301 g/mol. The molecule has 0 amide bonds. The molecule has 16 heavy (non-hydrogen) atoms. The highest BCUT2D eigenvalue weighted by Crippen LogP contribution is 2.31. The number of aryl methyl sites for hydroxylation is 2. The summed E-state index contributed by atoms with van der Waals surface area (Å²) in [4.78, 5) is 11.9. The van der Waals surface area contributed by atoms with Crippen LogP contribution < -0.4 is 5.56 Å². The normalized spacial score (nSPS) is 11.1. The fourth-order valence-corrected chi connectivity index (χ4v) is 2.66. The van der Waals surface area contributed by atoms with Gasteiger partial charge in [-0.15, -0.1) is 0 Å². The van der Waals surface area contributed by atoms with Crippen LogP contribution in [0.1, 0.15) is 11.1 Å². The summed E-state index contributed by atoms with van der Waals surface area (Å²) in [5, 5.41) is 1.44. The van der Waals surface area contributed by atoms with Crippen LogP contribution in [0.4, 0.5) is 0 Å². The van der Waals surface area contributed by atoms with Crippen LogP contribution in [-0.2, 0) is 7.05 Å². The van der Waals surface area contributed by atoms with Crippen LogP contribution in [0.2, 0.25) is 5.02 Å². The Hall–Kier alpha value is -0.800. The van der Waals surface area contributed by atoms with E-state index in [1.165, 1.54) is 0 Å². The molecule has 0 radical (unpaired) electrons. The van der Waals surface area contributed by atoms with Crippen LogP contribution in [0.3, 0.4) is 0 Å². The van der Waals surface area contributed by atoms with Gasteiger partial charge in [-0.05, 0) is 35.3 Å². The predicted octanol–water partition coefficient (Wildman–Crippen LogP) is 3.57. The Kier molecular flexibility index (Phi) is 2.84. The first-order chi connectivity index (χ1) is 7.45. The molecule has 0 aliphatic heterocycles. The molecule has 0 aliphatic carbocycles. The standard InChI is InChI=1S/C12H11BrClNO/c1-6-4-5-8-10(14)7(2)12(16)15(3)11(8)9(6)13/h4-5H,1-3H3. The van der Waals surface area contributed by atoms with Gasteiger partial charge < -0.3 is 4.57 Å². The van der Waals surface area contributed by atoms with Gasteiger partial charge >= 0.3 is 0 Å². The molecule has 0 unspecified atom stereocenters. The average Bonchev–Trinajstić information content (AvgIpc) is 2.27. The third-order valence-electron chi connectivity index (χ3n) is 2.84. The van der Waals surface area contributed by atoms with E-state index in [2.05, 4.69) is 15.9 Å². The summed E-state index contributed by atoms with van der Waals surface area (Å²) in [6.45, 7) is 3.74. The SMILES string of the molecule is Cc1ccc2c(Cl)c(C)c(=O)n(C)c2c1Br. The maximum atomic E-state index is 11.9. The van der Waals surface area contributed by atoms with E-state index in [-0.39, 0.29) is 5.56 Å². The number of benzene rings is 1. The van der Waals surface area contributed by atoms with E-state index in [0.717, 1.165) is 20.9 Å². The monoisotopic (exact) mass is 299 g/mol. The van der Waals surface area contributed by atoms with Crippen LogP contribution in [0.15, 0.2) is 21.4 Å². The minimum atomic E-state index is -0.0520. The Bertz CT molecular complexity index is 646. The summed E-state index contributed by atoms with van der Waals surface area (Å²) in [7, 11) is 1.76. The number of nitrogens with zero attached hydrogens (tertiary/aromatic N) is 1. The Morgan fingerprint density at radius 2 is 1.94 bits per heavy atom. The van der Waals surface area contributed by atoms with Gasteiger partial charge in [0.1, 0.15) is 0 Å². The minimum Gasteiger partial charge on any atom is -0.310 e. The second-order valence-electron chi connectivity index (χ2n) is 3.90. The second-order valence-corrected chi connectivity index (χ2v) is 5.07. The van der Waals surface area contributed by atoms with Crippen molar-refractivity contribution in [1.82, 2.24) is 4.57 Å². The van der Waals surface area contributed by atoms with Gasteiger partial charge in [-0.25, -0.2) is 0 Å². The quantitative estimate of drug-likeness (QED) is 0.729. The Labute approximate surface area is 107 Å². The minimum absolute atomic E-state index is 0.0520. The highest BCUT2D eigenvalue weighted by atomic mass is 79.9. The zero-order chi connectivity index (χ0) is 12.0. The third-order valence-corrected chi connectivity index (χ3v) is 4.32. The maximum Gasteiger partial charge on any atom is 0.255 e. The third kappa shape index (κ3) is 1.50. The Morgan fingerprint density at radius 3 is 2.56 bits per heavy atom. The van der Waals surface area contributed by atoms with E-state index in [1.54, 1.807) is 18.5 Å². The zero-order valence-electron chi connectivity index (χ0n) is 9.27. The molecule has 4 heteroatoms. The first kappa shape index (κ1) is 11.7. The van der Waals surface area contributed by atoms with Gasteiger partial charge in [0.25, 0.3) is 5.56 Å². The van der Waals surface area contributed by atoms with E-state index in [4.69, 9.17) is 11.6 Å². The molecule has 0 saturated carbocycles. The van der Waals surface area contributed by atoms with Gasteiger partial charge in [0, 0.05) is 22.5 Å². The summed E-state index contributed by atoms with van der Waals surface area (Å²) in [6, 6.07) is 3.94. The van der Waals surface area contributed by atoms with Gasteiger partial charge in [0.05, 0.1) is 10.5 Å². The molecule has 0 saturated heterocycles. The molecule has 0 spiro atoms. The smallest absolute Gasteiger partial charge is 0.255 e. The highest BCUT2D eigenvalue weighted by Gasteiger charge is 2.13. The Morgan fingerprint density at radius 1 is 1.31 bits per heavy atom. The van der Waals surface area contributed by atoms with Crippen molar-refractivity contribution in [3.8, 4) is 0 Å². The van der Waals surface area contributed by atoms with Gasteiger partial charge in [-0.2, -0.15) is 0 Å². The fourth-order valence-electron chi connectivity index (χ4n) is 1.82. The summed E-state index contributed by atoms with van der Waals surface area (Å²) in [5.74, 6) is 0. The van der Waals surface area contributed by atoms with Crippen LogP contribution in [-0.4, -0.2) is 4.57 Å². The van der Waals surface area contributed by atoms with Gasteiger partial charge in [0.15, 0.2) is 0 Å². The first-order valence-electron chi connectivity index (χ1n) is 4.89. The van der Waals surface area contributed by atoms with E-state index in [9.17, 15) is 4.79 Å². The van der Waals surface area contributed by atoms with Crippen molar-refractivity contribution in [3.63, 3.8) is 0 Å². The number of rotatable bonds is 0. The molecule has 0 aliphatic rings. The van der Waals surface area contributed by atoms with Gasteiger partial charge in [-0.1, -0.05) is 23.7 Å². The van der Waals surface area contributed by atoms with Crippen LogP contribution in [0.5, 0.6) is 0 Å². The summed E-state index contributed by atoms with van der Waals surface area (Å²) in [5.41, 5.74) is 2.47. The summed E-state index contributed by atoms with van der Waals surface area (Å²) < 4.78 is 2.56. The molecule has 1 aromatic heterocycles. The number of hydrogen-bond acceptors (Lipinski definition) is 1. The van der Waals surface area contributed by atoms with Crippen molar-refractivity contribution in [2.75, 3.05) is 0 Å². The maximum absolute atomic E-state index is 11.9. The van der Waals surface area contributed by atoms with Crippen LogP contribution >= 0.6 is 27.5 Å². The molecule has 1 aromatic carbocycles. The van der Waals surface area contributed by atoms with E-state index < -0.39 is 0 Å². The number of fused-ring (bicyclic) bond motifs is 1. The van der Waals surface area contributed by atoms with Crippen molar-refractivity contribution >= 4 is 38.4 Å². The molecule has 0 fully saturated rings. The van der Waals surface area contributed by atoms with Gasteiger partial charge in [0.2, 0.25) is 0 Å². The molecule has 2 rings (SSSR count). The van der Waals surface area contributed by atoms with Crippen molar-refractivity contribution in [2.24, 2.45) is 7.05 Å². The lowest BCUT2D eigenvalue weighted by atomic mass is 10.1. The molecule has 0 bridgehead atoms. The van der Waals surface area contributed by atoms with E-state index in [1.807, 2.05) is 19.1 Å². The first-order valence-corrected chi connectivity index (χ1v) is 6.06. The number of pyridine rings is 1. The van der Waals surface area contributed by atoms with Crippen molar-refractivity contribution < 1.29 is 0 Å². The largest absolute Gasteiger partial charge is 0.310 e. The Balaban J connectivity index is 3.15. The molecular weight excluding hydrogens is 289 g/mol. The predicted molar refractivity (Wildman–Crippen MR) is 71.4 cm³/mol. The number of halogens is 2. The fraction of sp³-hybridized carbons (Fsp3) is 0.250. The van der Waals surface area contributed by atoms with Crippen LogP contribution in [0.25, 0.3) is 10.9 Å². The zero-order valence-corrected chi connectivity index (χ0v) is 11.6. The molecule has 2 aromatic rings. The lowest BCUT2D eigenvalue weighted by Crippen LogP contribution is -2.20. The molecule has 0 atom stereocenters. The van der Waals surface area contributed by atoms with Crippen molar-refractivity contribution in [3.05, 3.63) is 43.1 Å². The molecule has 1 heterocycles. The molecular formula is C12H11BrClNO.